The molecule has 172 valence electrons. The van der Waals surface area contributed by atoms with E-state index >= 15 is 0 Å². The summed E-state index contributed by atoms with van der Waals surface area (Å²) in [5.41, 5.74) is 6.78. The number of carbonyl (C=O) groups is 1. The average Bonchev–Trinajstić information content (AvgIpc) is 2.80. The molecule has 0 saturated heterocycles. The van der Waals surface area contributed by atoms with E-state index in [0.717, 1.165) is 23.3 Å². The van der Waals surface area contributed by atoms with Gasteiger partial charge in [-0.25, -0.2) is 14.8 Å². The molecule has 0 amide bonds. The number of ether oxygens (including phenoxy) is 1. The molecule has 3 rings (SSSR count). The Morgan fingerprint density at radius 2 is 1.45 bits per heavy atom. The van der Waals surface area contributed by atoms with Crippen molar-refractivity contribution in [3.63, 3.8) is 0 Å². The monoisotopic (exact) mass is 456 g/mol. The summed E-state index contributed by atoms with van der Waals surface area (Å²) in [4.78, 5) is 12.8. The minimum atomic E-state index is -4.47. The van der Waals surface area contributed by atoms with Crippen LogP contribution in [-0.4, -0.2) is 23.0 Å². The second-order valence-electron chi connectivity index (χ2n) is 7.22. The van der Waals surface area contributed by atoms with Gasteiger partial charge in [0.2, 0.25) is 0 Å². The maximum atomic E-state index is 13.1. The Hall–Kier alpha value is -3.81. The highest BCUT2D eigenvalue weighted by atomic mass is 19.4. The Morgan fingerprint density at radius 3 is 1.97 bits per heavy atom. The first-order chi connectivity index (χ1) is 15.9. The third kappa shape index (κ3) is 7.10. The number of hydrogen-bond donors (Lipinski definition) is 2. The molecule has 0 aliphatic heterocycles. The molecular formula is C25H25F3N3O2+. The predicted octanol–water partition coefficient (Wildman–Crippen LogP) is 5.00. The third-order valence-corrected chi connectivity index (χ3v) is 4.73. The minimum Gasteiger partial charge on any atom is -0.457 e. The van der Waals surface area contributed by atoms with E-state index in [1.807, 2.05) is 60.7 Å². The van der Waals surface area contributed by atoms with Crippen molar-refractivity contribution in [2.75, 3.05) is 12.0 Å². The molecule has 0 atom stereocenters. The van der Waals surface area contributed by atoms with Gasteiger partial charge in [-0.2, -0.15) is 18.6 Å². The molecule has 0 aliphatic rings. The van der Waals surface area contributed by atoms with E-state index in [0.29, 0.717) is 13.1 Å². The summed E-state index contributed by atoms with van der Waals surface area (Å²) in [6, 6.07) is 23.8. The molecule has 3 aromatic carbocycles. The van der Waals surface area contributed by atoms with Crippen LogP contribution in [0, 0.1) is 0 Å². The molecule has 0 saturated carbocycles. The standard InChI is InChI=1S/C25H24F3N3O2/c1-2-33-24(32)23(30-29-22-15-9-14-21(16-22)25(26,27)28)31(17-19-10-5-3-6-11-19)18-20-12-7-4-8-13-20/h3-16H,2,17-18H2,1H3,(H,29,32)/p+1. The molecule has 5 nitrogen and oxygen atoms in total. The zero-order valence-corrected chi connectivity index (χ0v) is 18.1. The molecule has 3 aromatic rings. The van der Waals surface area contributed by atoms with E-state index in [-0.39, 0.29) is 18.1 Å². The number of nitrogens with zero attached hydrogens (tertiary/aromatic N) is 1. The molecule has 8 heteroatoms. The topological polar surface area (TPSA) is 53.4 Å². The summed E-state index contributed by atoms with van der Waals surface area (Å²) in [5, 5.41) is 0. The van der Waals surface area contributed by atoms with Gasteiger partial charge in [0.05, 0.1) is 17.9 Å². The Morgan fingerprint density at radius 1 is 0.879 bits per heavy atom. The highest BCUT2D eigenvalue weighted by Gasteiger charge is 2.31. The van der Waals surface area contributed by atoms with Crippen LogP contribution >= 0.6 is 0 Å². The summed E-state index contributed by atoms with van der Waals surface area (Å²) in [6.07, 6.45) is -4.47. The van der Waals surface area contributed by atoms with Crippen LogP contribution in [0.2, 0.25) is 0 Å². The Labute approximate surface area is 190 Å². The van der Waals surface area contributed by atoms with E-state index in [1.165, 1.54) is 12.1 Å². The Kier molecular flexibility index (Phi) is 8.07. The second-order valence-corrected chi connectivity index (χ2v) is 7.22. The summed E-state index contributed by atoms with van der Waals surface area (Å²) >= 11 is 0. The Balaban J connectivity index is 1.96. The first-order valence-corrected chi connectivity index (χ1v) is 10.4. The fraction of sp³-hybridized carbons (Fsp3) is 0.200. The van der Waals surface area contributed by atoms with Crippen molar-refractivity contribution < 1.29 is 27.3 Å². The van der Waals surface area contributed by atoms with Crippen molar-refractivity contribution in [3.8, 4) is 0 Å². The zero-order chi connectivity index (χ0) is 23.7. The highest BCUT2D eigenvalue weighted by molar-refractivity contribution is 6.33. The van der Waals surface area contributed by atoms with Gasteiger partial charge in [-0.05, 0) is 36.2 Å². The number of carbonyl (C=O) groups excluding carboxylic acids is 1. The van der Waals surface area contributed by atoms with Gasteiger partial charge >= 0.3 is 18.0 Å². The summed E-state index contributed by atoms with van der Waals surface area (Å²) in [7, 11) is 0. The number of hydrazine groups is 1. The van der Waals surface area contributed by atoms with E-state index in [1.54, 1.807) is 11.5 Å². The number of rotatable bonds is 7. The smallest absolute Gasteiger partial charge is 0.423 e. The van der Waals surface area contributed by atoms with E-state index in [2.05, 4.69) is 10.9 Å². The second kappa shape index (κ2) is 11.2. The molecule has 0 fully saturated rings. The molecule has 0 spiro atoms. The quantitative estimate of drug-likeness (QED) is 0.173. The molecule has 0 aromatic heterocycles. The first kappa shape index (κ1) is 23.8. The highest BCUT2D eigenvalue weighted by Crippen LogP contribution is 2.30. The van der Waals surface area contributed by atoms with Crippen LogP contribution in [0.15, 0.2) is 84.9 Å². The van der Waals surface area contributed by atoms with E-state index in [4.69, 9.17) is 4.74 Å². The Bertz CT molecular complexity index is 1040. The third-order valence-electron chi connectivity index (χ3n) is 4.73. The molecule has 0 heterocycles. The average molecular weight is 456 g/mol. The van der Waals surface area contributed by atoms with Crippen LogP contribution < -0.4 is 10.9 Å². The van der Waals surface area contributed by atoms with E-state index < -0.39 is 17.7 Å². The van der Waals surface area contributed by atoms with Gasteiger partial charge in [0.15, 0.2) is 0 Å². The van der Waals surface area contributed by atoms with Gasteiger partial charge in [-0.15, -0.1) is 0 Å². The van der Waals surface area contributed by atoms with Gasteiger partial charge < -0.3 is 4.74 Å². The largest absolute Gasteiger partial charge is 0.457 e. The van der Waals surface area contributed by atoms with Gasteiger partial charge in [-0.1, -0.05) is 66.7 Å². The number of nitrogens with one attached hydrogen (secondary N) is 2. The fourth-order valence-corrected chi connectivity index (χ4v) is 3.18. The van der Waals surface area contributed by atoms with Gasteiger partial charge in [0, 0.05) is 0 Å². The summed E-state index contributed by atoms with van der Waals surface area (Å²) < 4.78 is 46.2. The van der Waals surface area contributed by atoms with Crippen LogP contribution in [0.5, 0.6) is 0 Å². The first-order valence-electron chi connectivity index (χ1n) is 10.4. The lowest BCUT2D eigenvalue weighted by molar-refractivity contribution is -0.561. The molecule has 0 aliphatic carbocycles. The number of alkyl halides is 3. The number of hydrogen-bond acceptors (Lipinski definition) is 3. The van der Waals surface area contributed by atoms with Crippen LogP contribution in [0.1, 0.15) is 23.6 Å². The summed E-state index contributed by atoms with van der Waals surface area (Å²) in [5.74, 6) is -0.536. The van der Waals surface area contributed by atoms with Crippen molar-refractivity contribution >= 4 is 17.5 Å². The van der Waals surface area contributed by atoms with Gasteiger partial charge in [0.25, 0.3) is 0 Å². The van der Waals surface area contributed by atoms with Crippen molar-refractivity contribution in [1.82, 2.24) is 5.43 Å². The fourth-order valence-electron chi connectivity index (χ4n) is 3.18. The molecule has 0 unspecified atom stereocenters. The van der Waals surface area contributed by atoms with Crippen LogP contribution in [-0.2, 0) is 28.8 Å². The van der Waals surface area contributed by atoms with Gasteiger partial charge in [0.1, 0.15) is 13.1 Å². The SMILES string of the molecule is CCOC(=O)C(NNc1cccc(C(F)(F)F)c1)=[N+](Cc1ccccc1)Cc1ccccc1. The molecular weight excluding hydrogens is 431 g/mol. The minimum absolute atomic E-state index is 0.0852. The van der Waals surface area contributed by atoms with Crippen molar-refractivity contribution in [2.45, 2.75) is 26.2 Å². The normalized spacial score (nSPS) is 10.9. The molecule has 2 N–H and O–H groups in total. The number of benzene rings is 3. The summed E-state index contributed by atoms with van der Waals surface area (Å²) in [6.45, 7) is 2.59. The zero-order valence-electron chi connectivity index (χ0n) is 18.1. The lowest BCUT2D eigenvalue weighted by atomic mass is 10.2. The van der Waals surface area contributed by atoms with Crippen LogP contribution in [0.25, 0.3) is 0 Å². The van der Waals surface area contributed by atoms with Crippen molar-refractivity contribution in [2.24, 2.45) is 0 Å². The maximum absolute atomic E-state index is 13.1. The number of anilines is 1. The molecule has 33 heavy (non-hydrogen) atoms. The van der Waals surface area contributed by atoms with Gasteiger partial charge in [-0.3, -0.25) is 0 Å². The maximum Gasteiger partial charge on any atom is 0.423 e. The van der Waals surface area contributed by atoms with Crippen molar-refractivity contribution in [1.29, 1.82) is 0 Å². The number of amidine groups is 1. The molecule has 0 radical (unpaired) electrons. The predicted molar refractivity (Wildman–Crippen MR) is 120 cm³/mol. The number of esters is 1. The van der Waals surface area contributed by atoms with Crippen LogP contribution in [0.3, 0.4) is 0 Å². The van der Waals surface area contributed by atoms with Crippen molar-refractivity contribution in [3.05, 3.63) is 102 Å². The number of halogens is 3. The van der Waals surface area contributed by atoms with Crippen LogP contribution in [0.4, 0.5) is 18.9 Å². The van der Waals surface area contributed by atoms with E-state index in [9.17, 15) is 18.0 Å². The lowest BCUT2D eigenvalue weighted by Crippen LogP contribution is -2.43. The molecule has 0 bridgehead atoms. The lowest BCUT2D eigenvalue weighted by Gasteiger charge is -2.14.